The van der Waals surface area contributed by atoms with Crippen molar-refractivity contribution in [3.05, 3.63) is 47.5 Å². The van der Waals surface area contributed by atoms with Crippen LogP contribution >= 0.6 is 12.4 Å². The second-order valence-corrected chi connectivity index (χ2v) is 8.41. The first-order valence-corrected chi connectivity index (χ1v) is 9.83. The van der Waals surface area contributed by atoms with Gasteiger partial charge in [-0.05, 0) is 42.5 Å². The fraction of sp³-hybridized carbons (Fsp3) is 0.471. The van der Waals surface area contributed by atoms with Crippen molar-refractivity contribution in [2.24, 2.45) is 7.05 Å². The van der Waals surface area contributed by atoms with Crippen molar-refractivity contribution in [2.45, 2.75) is 30.2 Å². The zero-order valence-electron chi connectivity index (χ0n) is 14.2. The monoisotopic (exact) mass is 382 g/mol. The van der Waals surface area contributed by atoms with Crippen LogP contribution in [0.1, 0.15) is 29.4 Å². The summed E-state index contributed by atoms with van der Waals surface area (Å²) < 4.78 is 30.0. The van der Waals surface area contributed by atoms with E-state index in [0.717, 1.165) is 25.1 Å². The number of hydrogen-bond donors (Lipinski definition) is 1. The molecular weight excluding hydrogens is 360 g/mol. The van der Waals surface area contributed by atoms with Crippen LogP contribution in [-0.4, -0.2) is 41.9 Å². The smallest absolute Gasteiger partial charge is 0.243 e. The average Bonchev–Trinajstić information content (AvgIpc) is 3.22. The molecule has 2 aliphatic rings. The third kappa shape index (κ3) is 3.21. The molecule has 25 heavy (non-hydrogen) atoms. The number of aryl methyl sites for hydroxylation is 3. The van der Waals surface area contributed by atoms with Crippen LogP contribution in [0.15, 0.2) is 35.5 Å². The lowest BCUT2D eigenvalue weighted by Gasteiger charge is -2.34. The number of benzene rings is 1. The average molecular weight is 383 g/mol. The van der Waals surface area contributed by atoms with Crippen LogP contribution < -0.4 is 5.32 Å². The van der Waals surface area contributed by atoms with Gasteiger partial charge in [0.25, 0.3) is 0 Å². The highest BCUT2D eigenvalue weighted by molar-refractivity contribution is 7.89. The summed E-state index contributed by atoms with van der Waals surface area (Å²) >= 11 is 0. The molecule has 2 heterocycles. The molecule has 0 amide bonds. The Morgan fingerprint density at radius 2 is 2.04 bits per heavy atom. The second-order valence-electron chi connectivity index (χ2n) is 6.52. The highest BCUT2D eigenvalue weighted by Gasteiger charge is 2.36. The number of imidazole rings is 1. The number of rotatable bonds is 3. The van der Waals surface area contributed by atoms with Crippen molar-refractivity contribution < 1.29 is 8.42 Å². The third-order valence-electron chi connectivity index (χ3n) is 5.03. The van der Waals surface area contributed by atoms with Crippen molar-refractivity contribution in [1.29, 1.82) is 0 Å². The number of sulfonamides is 1. The first-order valence-electron chi connectivity index (χ1n) is 8.39. The van der Waals surface area contributed by atoms with Gasteiger partial charge >= 0.3 is 0 Å². The molecule has 1 unspecified atom stereocenters. The maximum absolute atomic E-state index is 13.3. The fourth-order valence-electron chi connectivity index (χ4n) is 3.74. The number of halogens is 1. The largest absolute Gasteiger partial charge is 0.337 e. The van der Waals surface area contributed by atoms with Crippen molar-refractivity contribution in [1.82, 2.24) is 19.2 Å². The zero-order chi connectivity index (χ0) is 16.7. The van der Waals surface area contributed by atoms with Crippen molar-refractivity contribution in [2.75, 3.05) is 19.6 Å². The van der Waals surface area contributed by atoms with Gasteiger partial charge in [0.15, 0.2) is 0 Å². The molecule has 1 aromatic carbocycles. The zero-order valence-corrected chi connectivity index (χ0v) is 15.8. The van der Waals surface area contributed by atoms with Gasteiger partial charge in [-0.15, -0.1) is 12.4 Å². The molecule has 1 fully saturated rings. The van der Waals surface area contributed by atoms with Crippen LogP contribution in [0.5, 0.6) is 0 Å². The minimum atomic E-state index is -3.54. The number of nitrogens with one attached hydrogen (secondary N) is 1. The minimum absolute atomic E-state index is 0. The van der Waals surface area contributed by atoms with E-state index in [0.29, 0.717) is 24.5 Å². The number of piperazine rings is 1. The summed E-state index contributed by atoms with van der Waals surface area (Å²) in [6.45, 7) is 1.69. The molecule has 8 heteroatoms. The Labute approximate surface area is 154 Å². The van der Waals surface area contributed by atoms with E-state index < -0.39 is 10.0 Å². The predicted molar refractivity (Wildman–Crippen MR) is 98.4 cm³/mol. The number of aromatic nitrogens is 2. The number of nitrogens with zero attached hydrogens (tertiary/aromatic N) is 3. The van der Waals surface area contributed by atoms with E-state index in [9.17, 15) is 8.42 Å². The van der Waals surface area contributed by atoms with E-state index in [-0.39, 0.29) is 18.4 Å². The molecule has 0 bridgehead atoms. The van der Waals surface area contributed by atoms with Gasteiger partial charge in [0.1, 0.15) is 5.82 Å². The van der Waals surface area contributed by atoms with Crippen LogP contribution in [0, 0.1) is 0 Å². The molecule has 1 N–H and O–H groups in total. The summed E-state index contributed by atoms with van der Waals surface area (Å²) in [6.07, 6.45) is 6.71. The van der Waals surface area contributed by atoms with Gasteiger partial charge in [0.05, 0.1) is 10.9 Å². The Kier molecular flexibility index (Phi) is 5.20. The van der Waals surface area contributed by atoms with E-state index >= 15 is 0 Å². The molecule has 1 atom stereocenters. The number of hydrogen-bond acceptors (Lipinski definition) is 4. The van der Waals surface area contributed by atoms with Gasteiger partial charge in [-0.2, -0.15) is 4.31 Å². The van der Waals surface area contributed by atoms with Crippen molar-refractivity contribution >= 4 is 22.4 Å². The van der Waals surface area contributed by atoms with E-state index in [1.807, 2.05) is 29.9 Å². The molecule has 1 aromatic heterocycles. The lowest BCUT2D eigenvalue weighted by molar-refractivity contribution is 0.258. The van der Waals surface area contributed by atoms with Gasteiger partial charge in [-0.3, -0.25) is 0 Å². The summed E-state index contributed by atoms with van der Waals surface area (Å²) in [5, 5.41) is 3.29. The Hall–Kier alpha value is -1.41. The topological polar surface area (TPSA) is 67.2 Å². The van der Waals surface area contributed by atoms with Crippen LogP contribution in [0.3, 0.4) is 0 Å². The lowest BCUT2D eigenvalue weighted by Crippen LogP contribution is -2.49. The molecule has 2 aromatic rings. The summed E-state index contributed by atoms with van der Waals surface area (Å²) in [4.78, 5) is 4.78. The van der Waals surface area contributed by atoms with E-state index in [1.54, 1.807) is 16.6 Å². The summed E-state index contributed by atoms with van der Waals surface area (Å²) in [5.74, 6) is 0.770. The molecule has 1 aliphatic carbocycles. The van der Waals surface area contributed by atoms with E-state index in [2.05, 4.69) is 10.3 Å². The Morgan fingerprint density at radius 3 is 2.80 bits per heavy atom. The highest BCUT2D eigenvalue weighted by atomic mass is 35.5. The summed E-state index contributed by atoms with van der Waals surface area (Å²) in [5.41, 5.74) is 2.47. The predicted octanol–water partition coefficient (Wildman–Crippen LogP) is 1.67. The van der Waals surface area contributed by atoms with E-state index in [4.69, 9.17) is 0 Å². The molecule has 136 valence electrons. The van der Waals surface area contributed by atoms with Crippen LogP contribution in [0.4, 0.5) is 0 Å². The molecule has 4 rings (SSSR count). The lowest BCUT2D eigenvalue weighted by atomic mass is 10.1. The van der Waals surface area contributed by atoms with Gasteiger partial charge in [0.2, 0.25) is 10.0 Å². The van der Waals surface area contributed by atoms with Gasteiger partial charge in [0, 0.05) is 39.1 Å². The SMILES string of the molecule is Cl.Cn1ccnc1C1CNCCN1S(=O)(=O)c1ccc2c(c1)CCC2. The van der Waals surface area contributed by atoms with Gasteiger partial charge in [-0.1, -0.05) is 6.07 Å². The van der Waals surface area contributed by atoms with Gasteiger partial charge in [-0.25, -0.2) is 13.4 Å². The Bertz CT molecular complexity index is 865. The standard InChI is InChI=1S/C17H22N4O2S.ClH/c1-20-9-8-19-17(20)16-12-18-7-10-21(16)24(22,23)15-6-5-13-3-2-4-14(13)11-15;/h5-6,8-9,11,16,18H,2-4,7,10,12H2,1H3;1H. The maximum Gasteiger partial charge on any atom is 0.243 e. The first kappa shape index (κ1) is 18.4. The van der Waals surface area contributed by atoms with Crippen molar-refractivity contribution in [3.8, 4) is 0 Å². The van der Waals surface area contributed by atoms with Crippen molar-refractivity contribution in [3.63, 3.8) is 0 Å². The molecule has 0 spiro atoms. The second kappa shape index (κ2) is 7.07. The first-order chi connectivity index (χ1) is 11.6. The van der Waals surface area contributed by atoms with E-state index in [1.165, 1.54) is 11.1 Å². The maximum atomic E-state index is 13.3. The minimum Gasteiger partial charge on any atom is -0.337 e. The van der Waals surface area contributed by atoms with Crippen LogP contribution in [-0.2, 0) is 29.9 Å². The summed E-state index contributed by atoms with van der Waals surface area (Å²) in [6, 6.07) is 5.33. The molecular formula is C17H23ClN4O2S. The molecule has 6 nitrogen and oxygen atoms in total. The normalized spacial score (nSPS) is 20.9. The molecule has 0 saturated carbocycles. The van der Waals surface area contributed by atoms with Crippen LogP contribution in [0.2, 0.25) is 0 Å². The van der Waals surface area contributed by atoms with Crippen LogP contribution in [0.25, 0.3) is 0 Å². The highest BCUT2D eigenvalue weighted by Crippen LogP contribution is 2.30. The molecule has 1 saturated heterocycles. The van der Waals surface area contributed by atoms with Gasteiger partial charge < -0.3 is 9.88 Å². The Morgan fingerprint density at radius 1 is 1.24 bits per heavy atom. The summed E-state index contributed by atoms with van der Waals surface area (Å²) in [7, 11) is -1.64. The molecule has 1 aliphatic heterocycles. The third-order valence-corrected chi connectivity index (χ3v) is 6.93. The number of fused-ring (bicyclic) bond motifs is 1. The quantitative estimate of drug-likeness (QED) is 0.876. The Balaban J connectivity index is 0.00000182. The molecule has 0 radical (unpaired) electrons. The fourth-order valence-corrected chi connectivity index (χ4v) is 5.37.